The van der Waals surface area contributed by atoms with E-state index in [1.54, 1.807) is 34.1 Å². The lowest BCUT2D eigenvalue weighted by molar-refractivity contribution is -0.123. The largest absolute Gasteiger partial charge is 0.310 e. The average molecular weight is 497 g/mol. The first kappa shape index (κ1) is 22.3. The summed E-state index contributed by atoms with van der Waals surface area (Å²) in [5, 5.41) is 1.17. The summed E-state index contributed by atoms with van der Waals surface area (Å²) in [6.07, 6.45) is 0. The first-order valence-electron chi connectivity index (χ1n) is 10.7. The van der Waals surface area contributed by atoms with Crippen LogP contribution in [0.3, 0.4) is 0 Å². The Hall–Kier alpha value is -2.47. The number of hydrogen-bond acceptors (Lipinski definition) is 3. The van der Waals surface area contributed by atoms with Crippen LogP contribution in [-0.4, -0.2) is 28.0 Å². The van der Waals surface area contributed by atoms with Crippen LogP contribution in [0, 0.1) is 0 Å². The maximum absolute atomic E-state index is 14.2. The molecule has 1 atom stereocenters. The van der Waals surface area contributed by atoms with Crippen LogP contribution >= 0.6 is 35.0 Å². The minimum absolute atomic E-state index is 0.124. The highest BCUT2D eigenvalue weighted by atomic mass is 35.5. The molecule has 1 saturated heterocycles. The number of rotatable bonds is 3. The van der Waals surface area contributed by atoms with E-state index >= 15 is 0 Å². The zero-order chi connectivity index (χ0) is 23.4. The molecule has 2 aliphatic heterocycles. The van der Waals surface area contributed by atoms with Crippen LogP contribution in [-0.2, 0) is 16.2 Å². The molecule has 0 bridgehead atoms. The maximum atomic E-state index is 14.2. The van der Waals surface area contributed by atoms with E-state index in [0.717, 1.165) is 16.8 Å². The highest BCUT2D eigenvalue weighted by Gasteiger charge is 2.63. The molecule has 0 unspecified atom stereocenters. The van der Waals surface area contributed by atoms with Gasteiger partial charge in [0.2, 0.25) is 0 Å². The number of carbonyl (C=O) groups excluding carboxylic acids is 2. The number of fused-ring (bicyclic) bond motifs is 2. The zero-order valence-electron chi connectivity index (χ0n) is 18.2. The fraction of sp³-hybridized carbons (Fsp3) is 0.231. The summed E-state index contributed by atoms with van der Waals surface area (Å²) in [6.45, 7) is 4.92. The predicted molar refractivity (Wildman–Crippen MR) is 135 cm³/mol. The van der Waals surface area contributed by atoms with Gasteiger partial charge in [0.1, 0.15) is 0 Å². The number of amides is 2. The summed E-state index contributed by atoms with van der Waals surface area (Å²) in [5.74, 6) is -0.311. The van der Waals surface area contributed by atoms with Crippen molar-refractivity contribution in [2.24, 2.45) is 0 Å². The van der Waals surface area contributed by atoms with Crippen LogP contribution < -0.4 is 4.90 Å². The van der Waals surface area contributed by atoms with Gasteiger partial charge in [-0.2, -0.15) is 0 Å². The van der Waals surface area contributed by atoms with Crippen LogP contribution in [0.1, 0.15) is 35.3 Å². The molecule has 2 heterocycles. The zero-order valence-corrected chi connectivity index (χ0v) is 20.5. The van der Waals surface area contributed by atoms with Gasteiger partial charge >= 0.3 is 0 Å². The van der Waals surface area contributed by atoms with Gasteiger partial charge < -0.3 is 9.80 Å². The summed E-state index contributed by atoms with van der Waals surface area (Å²) in [6, 6.07) is 22.1. The lowest BCUT2D eigenvalue weighted by atomic mass is 10.0. The molecule has 0 N–H and O–H groups in total. The van der Waals surface area contributed by atoms with Gasteiger partial charge in [-0.15, -0.1) is 11.8 Å². The fourth-order valence-electron chi connectivity index (χ4n) is 4.66. The van der Waals surface area contributed by atoms with Crippen LogP contribution in [0.2, 0.25) is 10.0 Å². The second kappa shape index (κ2) is 8.08. The Morgan fingerprint density at radius 2 is 1.64 bits per heavy atom. The predicted octanol–water partition coefficient (Wildman–Crippen LogP) is 6.36. The average Bonchev–Trinajstić information content (AvgIpc) is 3.21. The fourth-order valence-corrected chi connectivity index (χ4v) is 6.71. The Morgan fingerprint density at radius 3 is 2.36 bits per heavy atom. The summed E-state index contributed by atoms with van der Waals surface area (Å²) in [4.78, 5) is 30.3. The van der Waals surface area contributed by atoms with Crippen LogP contribution in [0.5, 0.6) is 0 Å². The Bertz CT molecular complexity index is 1260. The first-order chi connectivity index (χ1) is 15.7. The molecular formula is C26H22Cl2N2O2S. The van der Waals surface area contributed by atoms with Crippen molar-refractivity contribution in [3.63, 3.8) is 0 Å². The number of thioether (sulfide) groups is 1. The normalized spacial score (nSPS) is 21.0. The monoisotopic (exact) mass is 496 g/mol. The van der Waals surface area contributed by atoms with E-state index in [1.165, 1.54) is 11.8 Å². The van der Waals surface area contributed by atoms with E-state index in [0.29, 0.717) is 28.7 Å². The summed E-state index contributed by atoms with van der Waals surface area (Å²) >= 11 is 14.0. The standard InChI is InChI=1S/C26H22Cl2N2O2S/c1-25(2)16-30(23(31)17-11-13-19(27)14-12-17)26(33-25)20-8-4-6-10-22(20)29(24(26)32)15-18-7-3-5-9-21(18)28/h3-14H,15-16H2,1-2H3/t26-/m1/s1. The Balaban J connectivity index is 1.63. The summed E-state index contributed by atoms with van der Waals surface area (Å²) in [7, 11) is 0. The number of benzene rings is 3. The highest BCUT2D eigenvalue weighted by molar-refractivity contribution is 8.02. The van der Waals surface area contributed by atoms with Gasteiger partial charge in [-0.3, -0.25) is 9.59 Å². The molecule has 1 spiro atoms. The van der Waals surface area contributed by atoms with Gasteiger partial charge in [0.15, 0.2) is 4.87 Å². The van der Waals surface area contributed by atoms with Crippen LogP contribution in [0.4, 0.5) is 5.69 Å². The van der Waals surface area contributed by atoms with E-state index in [4.69, 9.17) is 23.2 Å². The topological polar surface area (TPSA) is 40.6 Å². The molecule has 7 heteroatoms. The van der Waals surface area contributed by atoms with Gasteiger partial charge in [0, 0.05) is 32.5 Å². The van der Waals surface area contributed by atoms with Crippen molar-refractivity contribution >= 4 is 52.5 Å². The van der Waals surface area contributed by atoms with Gasteiger partial charge in [0.05, 0.1) is 12.2 Å². The third kappa shape index (κ3) is 3.63. The Kier molecular flexibility index (Phi) is 5.47. The third-order valence-corrected chi connectivity index (χ3v) is 8.27. The van der Waals surface area contributed by atoms with Gasteiger partial charge in [-0.25, -0.2) is 0 Å². The maximum Gasteiger partial charge on any atom is 0.268 e. The minimum atomic E-state index is -1.14. The molecule has 5 rings (SSSR count). The van der Waals surface area contributed by atoms with Crippen molar-refractivity contribution in [1.29, 1.82) is 0 Å². The number of carbonyl (C=O) groups is 2. The molecule has 1 fully saturated rings. The van der Waals surface area contributed by atoms with Gasteiger partial charge in [-0.1, -0.05) is 59.6 Å². The van der Waals surface area contributed by atoms with Crippen LogP contribution in [0.25, 0.3) is 0 Å². The van der Waals surface area contributed by atoms with Gasteiger partial charge in [-0.05, 0) is 55.8 Å². The van der Waals surface area contributed by atoms with Gasteiger partial charge in [0.25, 0.3) is 11.8 Å². The molecule has 2 aliphatic rings. The summed E-state index contributed by atoms with van der Waals surface area (Å²) in [5.41, 5.74) is 3.01. The van der Waals surface area contributed by atoms with E-state index < -0.39 is 4.87 Å². The van der Waals surface area contributed by atoms with E-state index in [2.05, 4.69) is 13.8 Å². The Morgan fingerprint density at radius 1 is 0.970 bits per heavy atom. The molecule has 2 amide bonds. The molecule has 4 nitrogen and oxygen atoms in total. The lowest BCUT2D eigenvalue weighted by Gasteiger charge is -2.33. The molecule has 3 aromatic carbocycles. The molecule has 0 saturated carbocycles. The van der Waals surface area contributed by atoms with Crippen molar-refractivity contribution in [1.82, 2.24) is 4.90 Å². The van der Waals surface area contributed by atoms with E-state index in [-0.39, 0.29) is 16.6 Å². The molecular weight excluding hydrogens is 475 g/mol. The van der Waals surface area contributed by atoms with Crippen molar-refractivity contribution < 1.29 is 9.59 Å². The smallest absolute Gasteiger partial charge is 0.268 e. The second-order valence-electron chi connectivity index (χ2n) is 8.90. The first-order valence-corrected chi connectivity index (χ1v) is 12.2. The molecule has 0 aliphatic carbocycles. The second-order valence-corrected chi connectivity index (χ2v) is 11.6. The molecule has 3 aromatic rings. The molecule has 0 radical (unpaired) electrons. The van der Waals surface area contributed by atoms with Crippen LogP contribution in [0.15, 0.2) is 72.8 Å². The van der Waals surface area contributed by atoms with E-state index in [9.17, 15) is 9.59 Å². The van der Waals surface area contributed by atoms with Crippen molar-refractivity contribution in [2.75, 3.05) is 11.4 Å². The molecule has 168 valence electrons. The number of halogens is 2. The quantitative estimate of drug-likeness (QED) is 0.423. The Labute approximate surface area is 207 Å². The lowest BCUT2D eigenvalue weighted by Crippen LogP contribution is -2.50. The number of para-hydroxylation sites is 1. The number of hydrogen-bond donors (Lipinski definition) is 0. The minimum Gasteiger partial charge on any atom is -0.310 e. The number of anilines is 1. The van der Waals surface area contributed by atoms with Crippen molar-refractivity contribution in [3.8, 4) is 0 Å². The van der Waals surface area contributed by atoms with E-state index in [1.807, 2.05) is 48.5 Å². The van der Waals surface area contributed by atoms with Crippen molar-refractivity contribution in [2.45, 2.75) is 30.0 Å². The third-order valence-electron chi connectivity index (χ3n) is 6.06. The van der Waals surface area contributed by atoms with Crippen molar-refractivity contribution in [3.05, 3.63) is 99.5 Å². The molecule has 0 aromatic heterocycles. The summed E-state index contributed by atoms with van der Waals surface area (Å²) < 4.78 is -0.314. The SMILES string of the molecule is CC1(C)CN(C(=O)c2ccc(Cl)cc2)[C@]2(S1)C(=O)N(Cc1ccccc1Cl)c1ccccc12. The number of nitrogens with zero attached hydrogens (tertiary/aromatic N) is 2. The molecule has 33 heavy (non-hydrogen) atoms. The highest BCUT2D eigenvalue weighted by Crippen LogP contribution is 2.60.